The molecule has 3 heterocycles. The van der Waals surface area contributed by atoms with E-state index in [9.17, 15) is 9.18 Å². The van der Waals surface area contributed by atoms with Crippen LogP contribution in [0, 0.1) is 5.82 Å². The molecule has 1 N–H and O–H groups in total. The van der Waals surface area contributed by atoms with Crippen LogP contribution in [0.1, 0.15) is 18.4 Å². The highest BCUT2D eigenvalue weighted by atomic mass is 32.2. The summed E-state index contributed by atoms with van der Waals surface area (Å²) in [5.41, 5.74) is 0.987. The van der Waals surface area contributed by atoms with Gasteiger partial charge < -0.3 is 10.1 Å². The zero-order chi connectivity index (χ0) is 20.8. The Labute approximate surface area is 182 Å². The highest BCUT2D eigenvalue weighted by molar-refractivity contribution is 7.99. The quantitative estimate of drug-likeness (QED) is 0.507. The summed E-state index contributed by atoms with van der Waals surface area (Å²) in [6, 6.07) is 10.3. The highest BCUT2D eigenvalue weighted by Crippen LogP contribution is 2.29. The number of ether oxygens (including phenoxy) is 1. The molecular formula is C21H23FN4O2S2. The number of nitrogens with one attached hydrogen (secondary N) is 1. The predicted octanol–water partition coefficient (Wildman–Crippen LogP) is 3.78. The fraction of sp³-hybridized carbons (Fsp3) is 0.381. The normalized spacial score (nSPS) is 16.1. The summed E-state index contributed by atoms with van der Waals surface area (Å²) in [6.07, 6.45) is 2.91. The molecule has 1 amide bonds. The van der Waals surface area contributed by atoms with Crippen molar-refractivity contribution in [2.75, 3.05) is 18.9 Å². The molecule has 0 bridgehead atoms. The maximum atomic E-state index is 13.0. The average Bonchev–Trinajstić information content (AvgIpc) is 3.51. The minimum absolute atomic E-state index is 0.0635. The molecule has 1 fully saturated rings. The summed E-state index contributed by atoms with van der Waals surface area (Å²) in [5, 5.41) is 14.4. The maximum Gasteiger partial charge on any atom is 0.230 e. The van der Waals surface area contributed by atoms with Gasteiger partial charge in [-0.15, -0.1) is 21.5 Å². The number of hydrogen-bond donors (Lipinski definition) is 1. The fourth-order valence-electron chi connectivity index (χ4n) is 3.32. The van der Waals surface area contributed by atoms with Crippen LogP contribution in [0.5, 0.6) is 0 Å². The van der Waals surface area contributed by atoms with Gasteiger partial charge in [0.15, 0.2) is 11.0 Å². The largest absolute Gasteiger partial charge is 0.376 e. The van der Waals surface area contributed by atoms with E-state index in [0.717, 1.165) is 40.9 Å². The molecule has 3 aromatic rings. The minimum Gasteiger partial charge on any atom is -0.376 e. The summed E-state index contributed by atoms with van der Waals surface area (Å²) in [6.45, 7) is 1.99. The van der Waals surface area contributed by atoms with Crippen LogP contribution in [0.3, 0.4) is 0 Å². The van der Waals surface area contributed by atoms with Crippen LogP contribution in [0.2, 0.25) is 0 Å². The highest BCUT2D eigenvalue weighted by Gasteiger charge is 2.22. The molecule has 1 aromatic carbocycles. The molecule has 0 radical (unpaired) electrons. The number of amides is 1. The first kappa shape index (κ1) is 21.0. The molecule has 158 valence electrons. The van der Waals surface area contributed by atoms with Gasteiger partial charge in [0.2, 0.25) is 5.91 Å². The van der Waals surface area contributed by atoms with E-state index in [0.29, 0.717) is 19.5 Å². The lowest BCUT2D eigenvalue weighted by Crippen LogP contribution is -2.27. The first-order valence-electron chi connectivity index (χ1n) is 9.91. The van der Waals surface area contributed by atoms with Crippen LogP contribution < -0.4 is 5.32 Å². The molecule has 1 aliphatic rings. The third-order valence-corrected chi connectivity index (χ3v) is 6.68. The summed E-state index contributed by atoms with van der Waals surface area (Å²) in [5.74, 6) is 0.761. The molecule has 1 aliphatic heterocycles. The van der Waals surface area contributed by atoms with Crippen molar-refractivity contribution in [1.29, 1.82) is 0 Å². The number of carbonyl (C=O) groups is 1. The van der Waals surface area contributed by atoms with E-state index in [4.69, 9.17) is 4.74 Å². The van der Waals surface area contributed by atoms with Crippen LogP contribution in [0.15, 0.2) is 46.9 Å². The zero-order valence-corrected chi connectivity index (χ0v) is 18.1. The van der Waals surface area contributed by atoms with Crippen LogP contribution in [0.4, 0.5) is 4.39 Å². The number of aromatic nitrogens is 3. The summed E-state index contributed by atoms with van der Waals surface area (Å²) in [7, 11) is 0. The molecule has 0 spiro atoms. The van der Waals surface area contributed by atoms with Crippen molar-refractivity contribution >= 4 is 29.0 Å². The lowest BCUT2D eigenvalue weighted by atomic mass is 10.1. The Kier molecular flexibility index (Phi) is 7.14. The molecule has 2 aromatic heterocycles. The van der Waals surface area contributed by atoms with Crippen LogP contribution in [0.25, 0.3) is 10.7 Å². The zero-order valence-electron chi connectivity index (χ0n) is 16.4. The average molecular weight is 447 g/mol. The molecule has 30 heavy (non-hydrogen) atoms. The van der Waals surface area contributed by atoms with Gasteiger partial charge in [-0.3, -0.25) is 9.36 Å². The number of benzene rings is 1. The summed E-state index contributed by atoms with van der Waals surface area (Å²) >= 11 is 3.00. The van der Waals surface area contributed by atoms with Crippen molar-refractivity contribution in [2.24, 2.45) is 0 Å². The van der Waals surface area contributed by atoms with E-state index in [1.807, 2.05) is 17.5 Å². The van der Waals surface area contributed by atoms with Gasteiger partial charge in [-0.2, -0.15) is 0 Å². The smallest absolute Gasteiger partial charge is 0.230 e. The Morgan fingerprint density at radius 1 is 1.30 bits per heavy atom. The molecule has 6 nitrogen and oxygen atoms in total. The van der Waals surface area contributed by atoms with Crippen molar-refractivity contribution in [2.45, 2.75) is 37.1 Å². The van der Waals surface area contributed by atoms with Crippen LogP contribution in [-0.2, 0) is 22.5 Å². The van der Waals surface area contributed by atoms with E-state index in [2.05, 4.69) is 20.1 Å². The van der Waals surface area contributed by atoms with Crippen molar-refractivity contribution < 1.29 is 13.9 Å². The van der Waals surface area contributed by atoms with E-state index < -0.39 is 0 Å². The lowest BCUT2D eigenvalue weighted by molar-refractivity contribution is -0.118. The molecule has 1 saturated heterocycles. The third-order valence-electron chi connectivity index (χ3n) is 4.85. The van der Waals surface area contributed by atoms with Gasteiger partial charge in [0, 0.05) is 13.2 Å². The molecular weight excluding hydrogens is 423 g/mol. The first-order chi connectivity index (χ1) is 14.7. The van der Waals surface area contributed by atoms with Gasteiger partial charge in [-0.05, 0) is 48.4 Å². The van der Waals surface area contributed by atoms with Gasteiger partial charge in [-0.1, -0.05) is 30.0 Å². The van der Waals surface area contributed by atoms with E-state index in [1.165, 1.54) is 23.9 Å². The Hall–Kier alpha value is -2.23. The van der Waals surface area contributed by atoms with E-state index in [-0.39, 0.29) is 23.6 Å². The predicted molar refractivity (Wildman–Crippen MR) is 116 cm³/mol. The number of rotatable bonds is 9. The second-order valence-electron chi connectivity index (χ2n) is 7.04. The van der Waals surface area contributed by atoms with Gasteiger partial charge in [0.05, 0.1) is 23.3 Å². The molecule has 9 heteroatoms. The number of thiophene rings is 1. The van der Waals surface area contributed by atoms with E-state index in [1.54, 1.807) is 23.5 Å². The van der Waals surface area contributed by atoms with Crippen molar-refractivity contribution in [3.05, 3.63) is 53.2 Å². The van der Waals surface area contributed by atoms with E-state index >= 15 is 0 Å². The third kappa shape index (κ3) is 5.47. The molecule has 0 aliphatic carbocycles. The summed E-state index contributed by atoms with van der Waals surface area (Å²) < 4.78 is 20.8. The van der Waals surface area contributed by atoms with Crippen LogP contribution in [-0.4, -0.2) is 45.7 Å². The molecule has 4 rings (SSSR count). The lowest BCUT2D eigenvalue weighted by Gasteiger charge is -2.14. The Morgan fingerprint density at radius 3 is 2.90 bits per heavy atom. The number of nitrogens with zero attached hydrogens (tertiary/aromatic N) is 3. The monoisotopic (exact) mass is 446 g/mol. The number of thioether (sulfide) groups is 1. The summed E-state index contributed by atoms with van der Waals surface area (Å²) in [4.78, 5) is 13.3. The fourth-order valence-corrected chi connectivity index (χ4v) is 4.81. The second-order valence-corrected chi connectivity index (χ2v) is 8.93. The minimum atomic E-state index is -0.256. The second kappa shape index (κ2) is 10.2. The van der Waals surface area contributed by atoms with Crippen molar-refractivity contribution in [1.82, 2.24) is 20.1 Å². The SMILES string of the molecule is O=C(CSc1nnc(-c2cccs2)n1CC1CCCO1)NCCc1ccc(F)cc1. The topological polar surface area (TPSA) is 69.0 Å². The van der Waals surface area contributed by atoms with Crippen molar-refractivity contribution in [3.8, 4) is 10.7 Å². The molecule has 1 atom stereocenters. The number of halogens is 1. The van der Waals surface area contributed by atoms with Crippen LogP contribution >= 0.6 is 23.1 Å². The standard InChI is InChI=1S/C21H23FN4O2S2/c22-16-7-5-15(6-8-16)9-10-23-19(27)14-30-21-25-24-20(18-4-2-12-29-18)26(21)13-17-3-1-11-28-17/h2,4-8,12,17H,1,3,9-11,13-14H2,(H,23,27). The number of carbonyl (C=O) groups excluding carboxylic acids is 1. The first-order valence-corrected chi connectivity index (χ1v) is 11.8. The van der Waals surface area contributed by atoms with Gasteiger partial charge in [-0.25, -0.2) is 4.39 Å². The maximum absolute atomic E-state index is 13.0. The van der Waals surface area contributed by atoms with Gasteiger partial charge >= 0.3 is 0 Å². The number of hydrogen-bond acceptors (Lipinski definition) is 6. The molecule has 1 unspecified atom stereocenters. The molecule has 0 saturated carbocycles. The Morgan fingerprint density at radius 2 is 2.17 bits per heavy atom. The van der Waals surface area contributed by atoms with Gasteiger partial charge in [0.1, 0.15) is 5.82 Å². The van der Waals surface area contributed by atoms with Gasteiger partial charge in [0.25, 0.3) is 0 Å². The Balaban J connectivity index is 1.34. The Bertz CT molecular complexity index is 954. The van der Waals surface area contributed by atoms with Crippen molar-refractivity contribution in [3.63, 3.8) is 0 Å².